The normalized spacial score (nSPS) is 12.2. The molecule has 1 N–H and O–H groups in total. The summed E-state index contributed by atoms with van der Waals surface area (Å²) in [5.41, 5.74) is 1.24. The monoisotopic (exact) mass is 191 g/mol. The van der Waals surface area contributed by atoms with E-state index in [-0.39, 0.29) is 11.3 Å². The summed E-state index contributed by atoms with van der Waals surface area (Å²) in [7, 11) is 0. The van der Waals surface area contributed by atoms with Gasteiger partial charge in [-0.15, -0.1) is 5.10 Å². The maximum Gasteiger partial charge on any atom is 0.143 e. The van der Waals surface area contributed by atoms with Gasteiger partial charge >= 0.3 is 0 Å². The Kier molecular flexibility index (Phi) is 1.74. The van der Waals surface area contributed by atoms with Gasteiger partial charge in [-0.1, -0.05) is 11.3 Å². The fraction of sp³-hybridized carbons (Fsp3) is 0.400. The van der Waals surface area contributed by atoms with Gasteiger partial charge in [0, 0.05) is 0 Å². The average Bonchev–Trinajstić information content (AvgIpc) is 2.47. The SMILES string of the molecule is CC(C)(C)n1nnc2cccc(O)c21. The molecule has 0 fully saturated rings. The van der Waals surface area contributed by atoms with Crippen LogP contribution in [-0.4, -0.2) is 20.1 Å². The van der Waals surface area contributed by atoms with Crippen LogP contribution >= 0.6 is 0 Å². The molecule has 14 heavy (non-hydrogen) atoms. The van der Waals surface area contributed by atoms with E-state index in [4.69, 9.17) is 0 Å². The van der Waals surface area contributed by atoms with Gasteiger partial charge in [-0.25, -0.2) is 4.68 Å². The molecular formula is C10H13N3O. The molecule has 0 aliphatic rings. The molecule has 4 heteroatoms. The predicted octanol–water partition coefficient (Wildman–Crippen LogP) is 1.89. The van der Waals surface area contributed by atoms with E-state index >= 15 is 0 Å². The second-order valence-corrected chi connectivity index (χ2v) is 4.32. The number of nitrogens with zero attached hydrogens (tertiary/aromatic N) is 3. The van der Waals surface area contributed by atoms with Gasteiger partial charge in [0.1, 0.15) is 16.8 Å². The number of aromatic nitrogens is 3. The predicted molar refractivity (Wildman–Crippen MR) is 54.2 cm³/mol. The van der Waals surface area contributed by atoms with E-state index < -0.39 is 0 Å². The maximum absolute atomic E-state index is 9.70. The Hall–Kier alpha value is -1.58. The molecule has 0 spiro atoms. The summed E-state index contributed by atoms with van der Waals surface area (Å²) in [4.78, 5) is 0. The highest BCUT2D eigenvalue weighted by Gasteiger charge is 2.19. The Bertz CT molecular complexity index is 468. The van der Waals surface area contributed by atoms with Crippen LogP contribution in [0.4, 0.5) is 0 Å². The van der Waals surface area contributed by atoms with Crippen molar-refractivity contribution in [3.05, 3.63) is 18.2 Å². The molecule has 0 saturated carbocycles. The third-order valence-electron chi connectivity index (χ3n) is 2.08. The topological polar surface area (TPSA) is 50.9 Å². The zero-order valence-electron chi connectivity index (χ0n) is 8.52. The van der Waals surface area contributed by atoms with Crippen molar-refractivity contribution in [2.75, 3.05) is 0 Å². The van der Waals surface area contributed by atoms with Crippen LogP contribution in [0.5, 0.6) is 5.75 Å². The van der Waals surface area contributed by atoms with Crippen LogP contribution in [0.1, 0.15) is 20.8 Å². The smallest absolute Gasteiger partial charge is 0.143 e. The molecule has 4 nitrogen and oxygen atoms in total. The van der Waals surface area contributed by atoms with E-state index in [9.17, 15) is 5.11 Å². The zero-order valence-corrected chi connectivity index (χ0v) is 8.52. The van der Waals surface area contributed by atoms with Gasteiger partial charge in [0.2, 0.25) is 0 Å². The van der Waals surface area contributed by atoms with Crippen molar-refractivity contribution in [3.63, 3.8) is 0 Å². The lowest BCUT2D eigenvalue weighted by Crippen LogP contribution is -2.23. The summed E-state index contributed by atoms with van der Waals surface area (Å²) < 4.78 is 1.73. The summed E-state index contributed by atoms with van der Waals surface area (Å²) in [6, 6.07) is 5.25. The van der Waals surface area contributed by atoms with E-state index in [1.807, 2.05) is 26.8 Å². The number of rotatable bonds is 0. The molecule has 2 aromatic rings. The van der Waals surface area contributed by atoms with E-state index in [1.54, 1.807) is 16.8 Å². The van der Waals surface area contributed by atoms with Gasteiger partial charge in [0.25, 0.3) is 0 Å². The third kappa shape index (κ3) is 1.23. The van der Waals surface area contributed by atoms with Crippen LogP contribution in [0, 0.1) is 0 Å². The number of phenols is 1. The van der Waals surface area contributed by atoms with Gasteiger partial charge in [-0.2, -0.15) is 0 Å². The summed E-state index contributed by atoms with van der Waals surface area (Å²) in [6.07, 6.45) is 0. The van der Waals surface area contributed by atoms with E-state index in [1.165, 1.54) is 0 Å². The van der Waals surface area contributed by atoms with Crippen molar-refractivity contribution in [1.29, 1.82) is 0 Å². The van der Waals surface area contributed by atoms with Crippen LogP contribution in [-0.2, 0) is 5.54 Å². The van der Waals surface area contributed by atoms with Crippen LogP contribution in [0.3, 0.4) is 0 Å². The number of hydrogen-bond donors (Lipinski definition) is 1. The highest BCUT2D eigenvalue weighted by Crippen LogP contribution is 2.26. The first-order chi connectivity index (χ1) is 6.50. The quantitative estimate of drug-likeness (QED) is 0.691. The molecular weight excluding hydrogens is 178 g/mol. The lowest BCUT2D eigenvalue weighted by Gasteiger charge is -2.19. The summed E-state index contributed by atoms with van der Waals surface area (Å²) in [5, 5.41) is 17.7. The molecule has 1 heterocycles. The molecule has 0 aliphatic carbocycles. The van der Waals surface area contributed by atoms with E-state index in [2.05, 4.69) is 10.3 Å². The average molecular weight is 191 g/mol. The summed E-state index contributed by atoms with van der Waals surface area (Å²) >= 11 is 0. The van der Waals surface area contributed by atoms with Crippen molar-refractivity contribution in [2.45, 2.75) is 26.3 Å². The fourth-order valence-electron chi connectivity index (χ4n) is 1.42. The fourth-order valence-corrected chi connectivity index (χ4v) is 1.42. The Morgan fingerprint density at radius 2 is 2.00 bits per heavy atom. The minimum atomic E-state index is -0.173. The van der Waals surface area contributed by atoms with Gasteiger partial charge in [0.05, 0.1) is 5.54 Å². The largest absolute Gasteiger partial charge is 0.506 e. The molecule has 0 radical (unpaired) electrons. The van der Waals surface area contributed by atoms with Crippen molar-refractivity contribution in [2.24, 2.45) is 0 Å². The Balaban J connectivity index is 2.80. The van der Waals surface area contributed by atoms with Crippen LogP contribution in [0.15, 0.2) is 18.2 Å². The zero-order chi connectivity index (χ0) is 10.3. The van der Waals surface area contributed by atoms with Gasteiger partial charge in [-0.05, 0) is 32.9 Å². The second-order valence-electron chi connectivity index (χ2n) is 4.32. The summed E-state index contributed by atoms with van der Waals surface area (Å²) in [5.74, 6) is 0.224. The number of fused-ring (bicyclic) bond motifs is 1. The number of phenolic OH excluding ortho intramolecular Hbond substituents is 1. The van der Waals surface area contributed by atoms with E-state index in [0.717, 1.165) is 5.52 Å². The van der Waals surface area contributed by atoms with Crippen molar-refractivity contribution in [1.82, 2.24) is 15.0 Å². The lowest BCUT2D eigenvalue weighted by atomic mass is 10.1. The summed E-state index contributed by atoms with van der Waals surface area (Å²) in [6.45, 7) is 6.06. The van der Waals surface area contributed by atoms with Gasteiger partial charge < -0.3 is 5.11 Å². The molecule has 1 aromatic carbocycles. The molecule has 74 valence electrons. The lowest BCUT2D eigenvalue weighted by molar-refractivity contribution is 0.354. The van der Waals surface area contributed by atoms with Crippen molar-refractivity contribution in [3.8, 4) is 5.75 Å². The first-order valence-electron chi connectivity index (χ1n) is 4.54. The molecule has 0 saturated heterocycles. The Morgan fingerprint density at radius 3 is 2.64 bits per heavy atom. The van der Waals surface area contributed by atoms with Gasteiger partial charge in [-0.3, -0.25) is 0 Å². The Labute approximate surface area is 82.2 Å². The van der Waals surface area contributed by atoms with Gasteiger partial charge in [0.15, 0.2) is 0 Å². The third-order valence-corrected chi connectivity index (χ3v) is 2.08. The van der Waals surface area contributed by atoms with Crippen LogP contribution in [0.2, 0.25) is 0 Å². The van der Waals surface area contributed by atoms with Crippen LogP contribution in [0.25, 0.3) is 11.0 Å². The number of aromatic hydroxyl groups is 1. The maximum atomic E-state index is 9.70. The standard InChI is InChI=1S/C10H13N3O/c1-10(2,3)13-9-7(11-12-13)5-4-6-8(9)14/h4-6,14H,1-3H3. The molecule has 0 aliphatic heterocycles. The second kappa shape index (κ2) is 2.70. The molecule has 0 amide bonds. The first kappa shape index (κ1) is 8.99. The van der Waals surface area contributed by atoms with Crippen molar-refractivity contribution < 1.29 is 5.11 Å². The van der Waals surface area contributed by atoms with Crippen LogP contribution < -0.4 is 0 Å². The Morgan fingerprint density at radius 1 is 1.29 bits per heavy atom. The number of para-hydroxylation sites is 1. The minimum Gasteiger partial charge on any atom is -0.506 e. The molecule has 1 aromatic heterocycles. The van der Waals surface area contributed by atoms with Crippen molar-refractivity contribution >= 4 is 11.0 Å². The highest BCUT2D eigenvalue weighted by atomic mass is 16.3. The van der Waals surface area contributed by atoms with E-state index in [0.29, 0.717) is 5.52 Å². The first-order valence-corrected chi connectivity index (χ1v) is 4.54. The number of hydrogen-bond acceptors (Lipinski definition) is 3. The minimum absolute atomic E-state index is 0.173. The number of benzene rings is 1. The molecule has 2 rings (SSSR count). The highest BCUT2D eigenvalue weighted by molar-refractivity contribution is 5.80. The molecule has 0 bridgehead atoms. The molecule has 0 unspecified atom stereocenters. The molecule has 0 atom stereocenters.